The molecule has 0 saturated heterocycles. The van der Waals surface area contributed by atoms with Gasteiger partial charge in [-0.15, -0.1) is 11.3 Å². The standard InChI is InChI=1S/C19H19N3O3S/c1-13(10-15-8-5-9-26-15)21-18(23)16-11-20-17(22-19(16)24)12-25-14-6-3-2-4-7-14/h2-9,11,13H,10,12H2,1H3,(H,21,23)(H,20,22,24). The SMILES string of the molecule is CC(Cc1cccs1)NC(=O)c1cnc(COc2ccccc2)[nH]c1=O. The molecule has 0 radical (unpaired) electrons. The van der Waals surface area contributed by atoms with Gasteiger partial charge in [-0.25, -0.2) is 4.98 Å². The van der Waals surface area contributed by atoms with Crippen molar-refractivity contribution in [1.29, 1.82) is 0 Å². The first-order valence-electron chi connectivity index (χ1n) is 8.21. The van der Waals surface area contributed by atoms with Crippen LogP contribution < -0.4 is 15.6 Å². The fourth-order valence-corrected chi connectivity index (χ4v) is 3.25. The second-order valence-corrected chi connectivity index (χ2v) is 6.86. The van der Waals surface area contributed by atoms with Crippen molar-refractivity contribution in [2.75, 3.05) is 0 Å². The van der Waals surface area contributed by atoms with Gasteiger partial charge >= 0.3 is 0 Å². The number of carbonyl (C=O) groups excluding carboxylic acids is 1. The van der Waals surface area contributed by atoms with Crippen molar-refractivity contribution < 1.29 is 9.53 Å². The van der Waals surface area contributed by atoms with Crippen LogP contribution in [0.25, 0.3) is 0 Å². The highest BCUT2D eigenvalue weighted by molar-refractivity contribution is 7.09. The Bertz CT molecular complexity index is 907. The van der Waals surface area contributed by atoms with Gasteiger partial charge in [0.2, 0.25) is 0 Å². The van der Waals surface area contributed by atoms with Gasteiger partial charge < -0.3 is 15.0 Å². The van der Waals surface area contributed by atoms with E-state index < -0.39 is 11.5 Å². The molecule has 2 aromatic heterocycles. The fourth-order valence-electron chi connectivity index (χ4n) is 2.42. The average molecular weight is 369 g/mol. The van der Waals surface area contributed by atoms with Crippen LogP contribution in [-0.2, 0) is 13.0 Å². The number of nitrogens with zero attached hydrogens (tertiary/aromatic N) is 1. The summed E-state index contributed by atoms with van der Waals surface area (Å²) in [5.74, 6) is 0.611. The minimum Gasteiger partial charge on any atom is -0.486 e. The van der Waals surface area contributed by atoms with Crippen LogP contribution in [0.4, 0.5) is 0 Å². The van der Waals surface area contributed by atoms with Crippen molar-refractivity contribution in [2.24, 2.45) is 0 Å². The van der Waals surface area contributed by atoms with E-state index in [1.165, 1.54) is 11.1 Å². The molecule has 0 saturated carbocycles. The summed E-state index contributed by atoms with van der Waals surface area (Å²) in [7, 11) is 0. The Labute approximate surface area is 154 Å². The molecule has 2 heterocycles. The van der Waals surface area contributed by atoms with E-state index in [0.717, 1.165) is 6.42 Å². The van der Waals surface area contributed by atoms with E-state index >= 15 is 0 Å². The second-order valence-electron chi connectivity index (χ2n) is 5.83. The molecule has 3 aromatic rings. The average Bonchev–Trinajstić information content (AvgIpc) is 3.13. The summed E-state index contributed by atoms with van der Waals surface area (Å²) in [4.78, 5) is 32.4. The van der Waals surface area contributed by atoms with Crippen LogP contribution in [0.2, 0.25) is 0 Å². The van der Waals surface area contributed by atoms with Crippen molar-refractivity contribution in [3.8, 4) is 5.75 Å². The molecule has 1 aromatic carbocycles. The zero-order valence-corrected chi connectivity index (χ0v) is 15.1. The normalized spacial score (nSPS) is 11.7. The van der Waals surface area contributed by atoms with E-state index in [9.17, 15) is 9.59 Å². The zero-order valence-electron chi connectivity index (χ0n) is 14.3. The summed E-state index contributed by atoms with van der Waals surface area (Å²) in [5, 5.41) is 4.82. The number of benzene rings is 1. The third-order valence-electron chi connectivity index (χ3n) is 3.68. The number of para-hydroxylation sites is 1. The Kier molecular flexibility index (Phi) is 5.80. The molecule has 0 spiro atoms. The smallest absolute Gasteiger partial charge is 0.263 e. The molecule has 0 aliphatic carbocycles. The molecular formula is C19H19N3O3S. The summed E-state index contributed by atoms with van der Waals surface area (Å²) in [6.07, 6.45) is 2.01. The van der Waals surface area contributed by atoms with Gasteiger partial charge in [-0.1, -0.05) is 24.3 Å². The van der Waals surface area contributed by atoms with E-state index in [4.69, 9.17) is 4.74 Å². The Morgan fingerprint density at radius 1 is 1.27 bits per heavy atom. The number of aromatic amines is 1. The van der Waals surface area contributed by atoms with Crippen LogP contribution in [-0.4, -0.2) is 21.9 Å². The third-order valence-corrected chi connectivity index (χ3v) is 4.58. The zero-order chi connectivity index (χ0) is 18.4. The van der Waals surface area contributed by atoms with Gasteiger partial charge in [-0.05, 0) is 30.5 Å². The molecule has 0 bridgehead atoms. The Morgan fingerprint density at radius 2 is 2.08 bits per heavy atom. The van der Waals surface area contributed by atoms with Crippen molar-refractivity contribution in [3.63, 3.8) is 0 Å². The quantitative estimate of drug-likeness (QED) is 0.671. The minimum absolute atomic E-state index is 0.00788. The molecule has 0 fully saturated rings. The van der Waals surface area contributed by atoms with Crippen LogP contribution in [0.15, 0.2) is 58.8 Å². The molecule has 6 nitrogen and oxygen atoms in total. The first-order chi connectivity index (χ1) is 12.6. The maximum Gasteiger partial charge on any atom is 0.263 e. The van der Waals surface area contributed by atoms with Crippen molar-refractivity contribution >= 4 is 17.2 Å². The van der Waals surface area contributed by atoms with Gasteiger partial charge in [-0.3, -0.25) is 9.59 Å². The number of hydrogen-bond acceptors (Lipinski definition) is 5. The van der Waals surface area contributed by atoms with Gasteiger partial charge in [0.15, 0.2) is 0 Å². The Hall–Kier alpha value is -2.93. The lowest BCUT2D eigenvalue weighted by Gasteiger charge is -2.12. The van der Waals surface area contributed by atoms with Crippen molar-refractivity contribution in [1.82, 2.24) is 15.3 Å². The number of carbonyl (C=O) groups is 1. The third kappa shape index (κ3) is 4.80. The van der Waals surface area contributed by atoms with E-state index in [-0.39, 0.29) is 18.2 Å². The number of amides is 1. The van der Waals surface area contributed by atoms with Crippen LogP contribution in [0, 0.1) is 0 Å². The Morgan fingerprint density at radius 3 is 2.77 bits per heavy atom. The van der Waals surface area contributed by atoms with Gasteiger partial charge in [0.1, 0.15) is 23.7 Å². The maximum atomic E-state index is 12.3. The summed E-state index contributed by atoms with van der Waals surface area (Å²) in [6.45, 7) is 2.03. The second kappa shape index (κ2) is 8.44. The van der Waals surface area contributed by atoms with Crippen LogP contribution in [0.3, 0.4) is 0 Å². The summed E-state index contributed by atoms with van der Waals surface area (Å²) in [6, 6.07) is 13.1. The molecule has 3 rings (SSSR count). The van der Waals surface area contributed by atoms with Crippen LogP contribution in [0.1, 0.15) is 28.0 Å². The lowest BCUT2D eigenvalue weighted by molar-refractivity contribution is 0.0938. The highest BCUT2D eigenvalue weighted by Gasteiger charge is 2.15. The van der Waals surface area contributed by atoms with E-state index in [0.29, 0.717) is 11.6 Å². The molecule has 1 atom stereocenters. The van der Waals surface area contributed by atoms with Gasteiger partial charge in [0, 0.05) is 23.5 Å². The summed E-state index contributed by atoms with van der Waals surface area (Å²) < 4.78 is 5.54. The van der Waals surface area contributed by atoms with E-state index in [2.05, 4.69) is 15.3 Å². The molecule has 1 amide bonds. The summed E-state index contributed by atoms with van der Waals surface area (Å²) in [5.41, 5.74) is -0.487. The first-order valence-corrected chi connectivity index (χ1v) is 9.09. The van der Waals surface area contributed by atoms with E-state index in [1.54, 1.807) is 11.3 Å². The number of ether oxygens (including phenoxy) is 1. The van der Waals surface area contributed by atoms with E-state index in [1.807, 2.05) is 54.8 Å². The molecule has 0 aliphatic heterocycles. The number of thiophene rings is 1. The lowest BCUT2D eigenvalue weighted by Crippen LogP contribution is -2.37. The van der Waals surface area contributed by atoms with Gasteiger partial charge in [-0.2, -0.15) is 0 Å². The molecule has 2 N–H and O–H groups in total. The predicted octanol–water partition coefficient (Wildman–Crippen LogP) is 2.77. The topological polar surface area (TPSA) is 84.1 Å². The summed E-state index contributed by atoms with van der Waals surface area (Å²) >= 11 is 1.64. The highest BCUT2D eigenvalue weighted by Crippen LogP contribution is 2.11. The number of H-pyrrole nitrogens is 1. The van der Waals surface area contributed by atoms with Gasteiger partial charge in [0.05, 0.1) is 0 Å². The molecule has 0 aliphatic rings. The molecule has 26 heavy (non-hydrogen) atoms. The van der Waals surface area contributed by atoms with Gasteiger partial charge in [0.25, 0.3) is 11.5 Å². The molecule has 1 unspecified atom stereocenters. The number of aromatic nitrogens is 2. The first kappa shape index (κ1) is 17.9. The monoisotopic (exact) mass is 369 g/mol. The molecule has 134 valence electrons. The Balaban J connectivity index is 1.59. The van der Waals surface area contributed by atoms with Crippen LogP contribution in [0.5, 0.6) is 5.75 Å². The number of nitrogens with one attached hydrogen (secondary N) is 2. The van der Waals surface area contributed by atoms with Crippen molar-refractivity contribution in [3.05, 3.63) is 80.7 Å². The van der Waals surface area contributed by atoms with Crippen LogP contribution >= 0.6 is 11.3 Å². The lowest BCUT2D eigenvalue weighted by atomic mass is 10.2. The number of hydrogen-bond donors (Lipinski definition) is 2. The predicted molar refractivity (Wildman–Crippen MR) is 101 cm³/mol. The molecule has 7 heteroatoms. The fraction of sp³-hybridized carbons (Fsp3) is 0.211. The largest absolute Gasteiger partial charge is 0.486 e. The minimum atomic E-state index is -0.479. The van der Waals surface area contributed by atoms with Crippen molar-refractivity contribution in [2.45, 2.75) is 26.0 Å². The highest BCUT2D eigenvalue weighted by atomic mass is 32.1. The number of rotatable bonds is 7. The molecular weight excluding hydrogens is 350 g/mol. The maximum absolute atomic E-state index is 12.3.